The van der Waals surface area contributed by atoms with Crippen LogP contribution in [0.5, 0.6) is 0 Å². The molecule has 1 aromatic rings. The SMILES string of the molecule is C[C@@H]1O[C@@H]2O[C@H]1c1cc([Si](C)(C)C)c([Si](C)(C)C)cc12. The maximum absolute atomic E-state index is 6.00. The largest absolute Gasteiger partial charge is 0.342 e. The van der Waals surface area contributed by atoms with Crippen molar-refractivity contribution in [3.63, 3.8) is 0 Å². The first kappa shape index (κ1) is 14.5. The molecule has 1 fully saturated rings. The van der Waals surface area contributed by atoms with Crippen LogP contribution in [0.4, 0.5) is 0 Å². The van der Waals surface area contributed by atoms with E-state index in [2.05, 4.69) is 58.3 Å². The lowest BCUT2D eigenvalue weighted by Crippen LogP contribution is -2.56. The molecule has 0 saturated carbocycles. The Kier molecular flexibility index (Phi) is 3.11. The maximum Gasteiger partial charge on any atom is 0.185 e. The molecule has 0 aromatic heterocycles. The highest BCUT2D eigenvalue weighted by molar-refractivity contribution is 6.98. The Morgan fingerprint density at radius 3 is 1.80 bits per heavy atom. The molecular weight excluding hydrogens is 280 g/mol. The lowest BCUT2D eigenvalue weighted by Gasteiger charge is -2.31. The summed E-state index contributed by atoms with van der Waals surface area (Å²) < 4.78 is 11.9. The molecule has 2 aliphatic rings. The summed E-state index contributed by atoms with van der Waals surface area (Å²) in [4.78, 5) is 0. The molecule has 3 atom stereocenters. The summed E-state index contributed by atoms with van der Waals surface area (Å²) in [6.45, 7) is 16.8. The van der Waals surface area contributed by atoms with Crippen LogP contribution in [0, 0.1) is 0 Å². The molecular formula is C16H26O2Si2. The average molecular weight is 307 g/mol. The zero-order valence-corrected chi connectivity index (χ0v) is 15.7. The van der Waals surface area contributed by atoms with Gasteiger partial charge in [0.1, 0.15) is 6.10 Å². The van der Waals surface area contributed by atoms with Gasteiger partial charge in [0.25, 0.3) is 0 Å². The van der Waals surface area contributed by atoms with Crippen molar-refractivity contribution in [1.29, 1.82) is 0 Å². The first-order valence-electron chi connectivity index (χ1n) is 7.59. The molecule has 1 saturated heterocycles. The van der Waals surface area contributed by atoms with E-state index in [1.54, 1.807) is 10.4 Å². The van der Waals surface area contributed by atoms with E-state index in [0.717, 1.165) is 0 Å². The van der Waals surface area contributed by atoms with Gasteiger partial charge in [0.15, 0.2) is 6.29 Å². The highest BCUT2D eigenvalue weighted by atomic mass is 28.3. The van der Waals surface area contributed by atoms with E-state index in [1.165, 1.54) is 11.1 Å². The van der Waals surface area contributed by atoms with E-state index in [-0.39, 0.29) is 18.5 Å². The summed E-state index contributed by atoms with van der Waals surface area (Å²) in [7, 11) is -2.69. The van der Waals surface area contributed by atoms with E-state index in [1.807, 2.05) is 0 Å². The first-order chi connectivity index (χ1) is 9.09. The third-order valence-corrected chi connectivity index (χ3v) is 8.74. The molecule has 0 N–H and O–H groups in total. The average Bonchev–Trinajstić information content (AvgIpc) is 2.82. The minimum Gasteiger partial charge on any atom is -0.342 e. The quantitative estimate of drug-likeness (QED) is 0.781. The number of hydrogen-bond acceptors (Lipinski definition) is 2. The van der Waals surface area contributed by atoms with Crippen molar-refractivity contribution in [1.82, 2.24) is 0 Å². The van der Waals surface area contributed by atoms with Gasteiger partial charge in [-0.15, -0.1) is 0 Å². The standard InChI is InChI=1S/C16H26O2Si2/c1-10-15-11-8-13(19(2,3)4)14(20(5,6)7)9-12(11)16(17-10)18-15/h8-10,15-16H,1-7H3/t10-,15+,16+/m0/s1. The molecule has 4 heteroatoms. The lowest BCUT2D eigenvalue weighted by molar-refractivity contribution is -0.0550. The number of fused-ring (bicyclic) bond motifs is 5. The van der Waals surface area contributed by atoms with Gasteiger partial charge in [-0.05, 0) is 12.5 Å². The van der Waals surface area contributed by atoms with E-state index < -0.39 is 16.1 Å². The Hall–Kier alpha value is -0.426. The van der Waals surface area contributed by atoms with Crippen LogP contribution in [0.3, 0.4) is 0 Å². The van der Waals surface area contributed by atoms with Crippen LogP contribution in [0.1, 0.15) is 30.4 Å². The van der Waals surface area contributed by atoms with Crippen LogP contribution >= 0.6 is 0 Å². The summed E-state index contributed by atoms with van der Waals surface area (Å²) in [5, 5.41) is 3.25. The zero-order valence-electron chi connectivity index (χ0n) is 13.7. The van der Waals surface area contributed by atoms with Crippen molar-refractivity contribution in [3.05, 3.63) is 23.3 Å². The fraction of sp³-hybridized carbons (Fsp3) is 0.625. The maximum atomic E-state index is 6.00. The van der Waals surface area contributed by atoms with Gasteiger partial charge in [-0.25, -0.2) is 0 Å². The molecule has 0 radical (unpaired) electrons. The second kappa shape index (κ2) is 4.29. The summed E-state index contributed by atoms with van der Waals surface area (Å²) in [5.41, 5.74) is 2.70. The first-order valence-corrected chi connectivity index (χ1v) is 14.6. The van der Waals surface area contributed by atoms with Crippen LogP contribution in [0.2, 0.25) is 39.3 Å². The smallest absolute Gasteiger partial charge is 0.185 e. The molecule has 1 aromatic carbocycles. The van der Waals surface area contributed by atoms with Crippen LogP contribution in [-0.4, -0.2) is 22.3 Å². The minimum atomic E-state index is -1.35. The Labute approximate surface area is 124 Å². The van der Waals surface area contributed by atoms with E-state index in [4.69, 9.17) is 9.47 Å². The molecule has 110 valence electrons. The topological polar surface area (TPSA) is 18.5 Å². The second-order valence-corrected chi connectivity index (χ2v) is 18.3. The van der Waals surface area contributed by atoms with E-state index >= 15 is 0 Å². The van der Waals surface area contributed by atoms with Crippen LogP contribution < -0.4 is 10.4 Å². The van der Waals surface area contributed by atoms with E-state index in [0.29, 0.717) is 0 Å². The van der Waals surface area contributed by atoms with Crippen molar-refractivity contribution in [2.45, 2.75) is 64.7 Å². The van der Waals surface area contributed by atoms with Gasteiger partial charge < -0.3 is 9.47 Å². The molecule has 2 bridgehead atoms. The van der Waals surface area contributed by atoms with Gasteiger partial charge in [-0.2, -0.15) is 0 Å². The minimum absolute atomic E-state index is 0.115. The molecule has 3 rings (SSSR count). The fourth-order valence-corrected chi connectivity index (χ4v) is 8.53. The zero-order chi connectivity index (χ0) is 14.9. The van der Waals surface area contributed by atoms with Crippen LogP contribution in [0.25, 0.3) is 0 Å². The van der Waals surface area contributed by atoms with Crippen molar-refractivity contribution in [2.24, 2.45) is 0 Å². The molecule has 0 aliphatic carbocycles. The summed E-state index contributed by atoms with van der Waals surface area (Å²) in [6, 6.07) is 4.89. The van der Waals surface area contributed by atoms with Gasteiger partial charge in [-0.1, -0.05) is 61.8 Å². The number of benzene rings is 1. The van der Waals surface area contributed by atoms with Gasteiger partial charge >= 0.3 is 0 Å². The predicted octanol–water partition coefficient (Wildman–Crippen LogP) is 3.27. The van der Waals surface area contributed by atoms with Crippen molar-refractivity contribution < 1.29 is 9.47 Å². The molecule has 2 heterocycles. The Morgan fingerprint density at radius 1 is 0.800 bits per heavy atom. The van der Waals surface area contributed by atoms with E-state index in [9.17, 15) is 0 Å². The molecule has 2 aliphatic heterocycles. The van der Waals surface area contributed by atoms with Crippen molar-refractivity contribution in [3.8, 4) is 0 Å². The molecule has 0 spiro atoms. The highest BCUT2D eigenvalue weighted by Gasteiger charge is 2.45. The van der Waals surface area contributed by atoms with Crippen LogP contribution in [-0.2, 0) is 9.47 Å². The van der Waals surface area contributed by atoms with Crippen molar-refractivity contribution in [2.75, 3.05) is 0 Å². The summed E-state index contributed by atoms with van der Waals surface area (Å²) in [5.74, 6) is 0. The Balaban J connectivity index is 2.21. The van der Waals surface area contributed by atoms with Gasteiger partial charge in [-0.3, -0.25) is 0 Å². The van der Waals surface area contributed by atoms with Crippen LogP contribution in [0.15, 0.2) is 12.1 Å². The molecule has 2 nitrogen and oxygen atoms in total. The molecule has 0 unspecified atom stereocenters. The molecule has 20 heavy (non-hydrogen) atoms. The summed E-state index contributed by atoms with van der Waals surface area (Å²) >= 11 is 0. The Morgan fingerprint density at radius 2 is 1.30 bits per heavy atom. The third kappa shape index (κ3) is 2.13. The lowest BCUT2D eigenvalue weighted by atomic mass is 9.99. The summed E-state index contributed by atoms with van der Waals surface area (Å²) in [6.07, 6.45) is 0.233. The van der Waals surface area contributed by atoms with Gasteiger partial charge in [0.2, 0.25) is 0 Å². The predicted molar refractivity (Wildman–Crippen MR) is 89.5 cm³/mol. The van der Waals surface area contributed by atoms with Gasteiger partial charge in [0, 0.05) is 5.56 Å². The van der Waals surface area contributed by atoms with Crippen molar-refractivity contribution >= 4 is 26.5 Å². The number of rotatable bonds is 2. The third-order valence-electron chi connectivity index (χ3n) is 4.43. The monoisotopic (exact) mass is 306 g/mol. The molecule has 0 amide bonds. The highest BCUT2D eigenvalue weighted by Crippen LogP contribution is 2.48. The normalized spacial score (nSPS) is 28.9. The second-order valence-electron chi connectivity index (χ2n) is 8.26. The number of ether oxygens (including phenoxy) is 2. The number of hydrogen-bond donors (Lipinski definition) is 0. The Bertz CT molecular complexity index is 555. The fourth-order valence-electron chi connectivity index (χ4n) is 3.34. The van der Waals surface area contributed by atoms with Gasteiger partial charge in [0.05, 0.1) is 22.3 Å².